The number of nitrogens with two attached hydrogens (primary N) is 3. The molecule has 8 N–H and O–H groups in total. The standard InChI is InChI=1S/C21H29N7O.C17H27F2N/c1-21(2,3)17-11-15-13-28(20(29)27-18(15)26-17)16-7-5-14(6-8-16)12-24-9-4-10-25-19(22)23;1-12(20)7-6-8-13-9-14(16(2,3)4)11-15(10-13)17(5,18)19/h5-8,11,13,24H,4,9-10,12H2,1-3H3,(H4,22,23,25)(H,26,27,29);9-12H,6-8,20H2,1-5H3/t;12-/m.0/s1. The first-order valence-electron chi connectivity index (χ1n) is 17.0. The number of guanidine groups is 1. The van der Waals surface area contributed by atoms with Gasteiger partial charge in [0.05, 0.1) is 5.69 Å². The molecule has 9 nitrogen and oxygen atoms in total. The Morgan fingerprint density at radius 1 is 0.939 bits per heavy atom. The van der Waals surface area contributed by atoms with Gasteiger partial charge in [-0.2, -0.15) is 4.98 Å². The highest BCUT2D eigenvalue weighted by Gasteiger charge is 2.27. The SMILES string of the molecule is CC(C)(C)c1cc2cn(-c3ccc(CNCCCN=C(N)N)cc3)c(=O)nc2[nH]1.C[C@H](N)CCCc1cc(C(C)(C)C)cc(C(C)(F)F)c1. The number of nitrogens with zero attached hydrogens (tertiary/aromatic N) is 3. The van der Waals surface area contributed by atoms with Crippen LogP contribution in [-0.4, -0.2) is 39.6 Å². The Hall–Kier alpha value is -4.09. The number of aromatic amines is 1. The molecule has 2 aromatic heterocycles. The third-order valence-corrected chi connectivity index (χ3v) is 8.16. The number of aryl methyl sites for hydroxylation is 1. The fourth-order valence-corrected chi connectivity index (χ4v) is 5.15. The van der Waals surface area contributed by atoms with E-state index >= 15 is 0 Å². The fraction of sp³-hybridized carbons (Fsp3) is 0.500. The maximum absolute atomic E-state index is 13.6. The monoisotopic (exact) mass is 678 g/mol. The maximum Gasteiger partial charge on any atom is 0.354 e. The van der Waals surface area contributed by atoms with Crippen molar-refractivity contribution < 1.29 is 8.78 Å². The minimum absolute atomic E-state index is 0.0352. The first kappa shape index (κ1) is 39.3. The van der Waals surface area contributed by atoms with Gasteiger partial charge in [-0.25, -0.2) is 13.6 Å². The van der Waals surface area contributed by atoms with Crippen molar-refractivity contribution in [3.8, 4) is 5.69 Å². The minimum Gasteiger partial charge on any atom is -0.370 e. The highest BCUT2D eigenvalue weighted by molar-refractivity contribution is 5.76. The summed E-state index contributed by atoms with van der Waals surface area (Å²) in [6, 6.07) is 15.4. The van der Waals surface area contributed by atoms with E-state index in [4.69, 9.17) is 17.2 Å². The Bertz CT molecular complexity index is 1700. The highest BCUT2D eigenvalue weighted by Crippen LogP contribution is 2.33. The summed E-state index contributed by atoms with van der Waals surface area (Å²) in [6.45, 7) is 17.6. The summed E-state index contributed by atoms with van der Waals surface area (Å²) in [5, 5.41) is 4.27. The molecule has 0 saturated heterocycles. The number of hydrogen-bond acceptors (Lipinski definition) is 5. The lowest BCUT2D eigenvalue weighted by atomic mass is 9.83. The zero-order chi connectivity index (χ0) is 36.6. The van der Waals surface area contributed by atoms with E-state index in [1.807, 2.05) is 58.2 Å². The van der Waals surface area contributed by atoms with E-state index in [1.54, 1.807) is 16.7 Å². The molecule has 11 heteroatoms. The molecule has 4 aromatic rings. The van der Waals surface area contributed by atoms with Crippen molar-refractivity contribution in [2.75, 3.05) is 13.1 Å². The van der Waals surface area contributed by atoms with E-state index in [9.17, 15) is 13.6 Å². The first-order valence-corrected chi connectivity index (χ1v) is 17.0. The van der Waals surface area contributed by atoms with E-state index in [0.29, 0.717) is 12.2 Å². The fourth-order valence-electron chi connectivity index (χ4n) is 5.15. The molecule has 2 heterocycles. The van der Waals surface area contributed by atoms with Crippen LogP contribution in [0.3, 0.4) is 0 Å². The molecule has 0 unspecified atom stereocenters. The van der Waals surface area contributed by atoms with Crippen LogP contribution in [-0.2, 0) is 29.7 Å². The van der Waals surface area contributed by atoms with Crippen LogP contribution in [0.25, 0.3) is 16.7 Å². The lowest BCUT2D eigenvalue weighted by Crippen LogP contribution is -2.23. The van der Waals surface area contributed by atoms with Crippen LogP contribution in [0, 0.1) is 0 Å². The van der Waals surface area contributed by atoms with Gasteiger partial charge in [0.2, 0.25) is 0 Å². The second-order valence-electron chi connectivity index (χ2n) is 15.1. The van der Waals surface area contributed by atoms with Crippen LogP contribution in [0.1, 0.15) is 103 Å². The molecule has 2 aromatic carbocycles. The average molecular weight is 679 g/mol. The van der Waals surface area contributed by atoms with Crippen LogP contribution in [0.15, 0.2) is 64.5 Å². The molecular weight excluding hydrogens is 622 g/mol. The Kier molecular flexibility index (Phi) is 13.3. The lowest BCUT2D eigenvalue weighted by Gasteiger charge is -2.23. The second-order valence-corrected chi connectivity index (χ2v) is 15.1. The van der Waals surface area contributed by atoms with Crippen molar-refractivity contribution in [1.82, 2.24) is 19.9 Å². The van der Waals surface area contributed by atoms with E-state index in [0.717, 1.165) is 79.2 Å². The normalized spacial score (nSPS) is 12.8. The molecule has 0 aliphatic heterocycles. The minimum atomic E-state index is -2.79. The molecule has 0 saturated carbocycles. The molecule has 0 amide bonds. The van der Waals surface area contributed by atoms with Crippen LogP contribution in [0.2, 0.25) is 0 Å². The molecule has 4 rings (SSSR count). The number of rotatable bonds is 12. The predicted molar refractivity (Wildman–Crippen MR) is 199 cm³/mol. The number of aromatic nitrogens is 3. The summed E-state index contributed by atoms with van der Waals surface area (Å²) in [5.41, 5.74) is 21.5. The number of aliphatic imine (C=N–C) groups is 1. The summed E-state index contributed by atoms with van der Waals surface area (Å²) >= 11 is 0. The quantitative estimate of drug-likeness (QED) is 0.0653. The third-order valence-electron chi connectivity index (χ3n) is 8.16. The highest BCUT2D eigenvalue weighted by atomic mass is 19.3. The summed E-state index contributed by atoms with van der Waals surface area (Å²) in [5.74, 6) is -2.67. The average Bonchev–Trinajstić information content (AvgIpc) is 3.41. The second kappa shape index (κ2) is 16.5. The Balaban J connectivity index is 0.000000286. The van der Waals surface area contributed by atoms with Crippen LogP contribution in [0.4, 0.5) is 8.78 Å². The summed E-state index contributed by atoms with van der Waals surface area (Å²) in [6.07, 6.45) is 5.35. The predicted octanol–water partition coefficient (Wildman–Crippen LogP) is 6.53. The summed E-state index contributed by atoms with van der Waals surface area (Å²) in [7, 11) is 0. The molecule has 0 fully saturated rings. The maximum atomic E-state index is 13.6. The number of benzene rings is 2. The molecule has 49 heavy (non-hydrogen) atoms. The van der Waals surface area contributed by atoms with Crippen LogP contribution in [0.5, 0.6) is 0 Å². The van der Waals surface area contributed by atoms with E-state index in [-0.39, 0.29) is 34.1 Å². The van der Waals surface area contributed by atoms with E-state index in [1.165, 1.54) is 0 Å². The molecule has 268 valence electrons. The van der Waals surface area contributed by atoms with Gasteiger partial charge in [0.1, 0.15) is 5.65 Å². The van der Waals surface area contributed by atoms with Gasteiger partial charge in [-0.05, 0) is 91.6 Å². The topological polar surface area (TPSA) is 153 Å². The molecule has 0 aliphatic rings. The van der Waals surface area contributed by atoms with Crippen LogP contribution >= 0.6 is 0 Å². The largest absolute Gasteiger partial charge is 0.370 e. The first-order chi connectivity index (χ1) is 22.7. The van der Waals surface area contributed by atoms with Crippen molar-refractivity contribution in [3.63, 3.8) is 0 Å². The Morgan fingerprint density at radius 2 is 1.59 bits per heavy atom. The molecule has 0 bridgehead atoms. The Morgan fingerprint density at radius 3 is 2.16 bits per heavy atom. The van der Waals surface area contributed by atoms with Gasteiger partial charge in [0.25, 0.3) is 5.92 Å². The number of fused-ring (bicyclic) bond motifs is 1. The van der Waals surface area contributed by atoms with Gasteiger partial charge in [0, 0.05) is 54.3 Å². The van der Waals surface area contributed by atoms with Crippen molar-refractivity contribution in [3.05, 3.63) is 93.2 Å². The lowest BCUT2D eigenvalue weighted by molar-refractivity contribution is 0.0172. The summed E-state index contributed by atoms with van der Waals surface area (Å²) in [4.78, 5) is 23.9. The zero-order valence-electron chi connectivity index (χ0n) is 30.5. The summed E-state index contributed by atoms with van der Waals surface area (Å²) < 4.78 is 28.8. The van der Waals surface area contributed by atoms with Crippen molar-refractivity contribution in [2.24, 2.45) is 22.2 Å². The smallest absolute Gasteiger partial charge is 0.354 e. The third kappa shape index (κ3) is 12.4. The van der Waals surface area contributed by atoms with Crippen molar-refractivity contribution in [2.45, 2.75) is 110 Å². The number of alkyl halides is 2. The van der Waals surface area contributed by atoms with Gasteiger partial charge in [-0.15, -0.1) is 0 Å². The Labute approximate surface area is 289 Å². The number of nitrogens with one attached hydrogen (secondary N) is 2. The van der Waals surface area contributed by atoms with Crippen LogP contribution < -0.4 is 28.2 Å². The number of halogens is 2. The zero-order valence-corrected chi connectivity index (χ0v) is 30.5. The van der Waals surface area contributed by atoms with Gasteiger partial charge < -0.3 is 27.5 Å². The van der Waals surface area contributed by atoms with Crippen molar-refractivity contribution in [1.29, 1.82) is 0 Å². The van der Waals surface area contributed by atoms with Gasteiger partial charge in [-0.3, -0.25) is 9.56 Å². The number of hydrogen-bond donors (Lipinski definition) is 5. The molecular formula is C38H56F2N8O. The van der Waals surface area contributed by atoms with Crippen molar-refractivity contribution >= 4 is 17.0 Å². The van der Waals surface area contributed by atoms with Gasteiger partial charge in [-0.1, -0.05) is 59.7 Å². The number of H-pyrrole nitrogens is 1. The molecule has 0 spiro atoms. The van der Waals surface area contributed by atoms with Gasteiger partial charge in [0.15, 0.2) is 5.96 Å². The molecule has 0 aliphatic carbocycles. The molecule has 0 radical (unpaired) electrons. The van der Waals surface area contributed by atoms with Gasteiger partial charge >= 0.3 is 5.69 Å². The van der Waals surface area contributed by atoms with E-state index in [2.05, 4.69) is 53.2 Å². The molecule has 1 atom stereocenters. The van der Waals surface area contributed by atoms with E-state index < -0.39 is 5.92 Å².